The number of piperazine rings is 1. The van der Waals surface area contributed by atoms with Crippen molar-refractivity contribution in [2.75, 3.05) is 19.6 Å². The van der Waals surface area contributed by atoms with Crippen molar-refractivity contribution in [2.24, 2.45) is 0 Å². The molecule has 0 aromatic rings. The number of carbonyl (C=O) groups is 1. The lowest BCUT2D eigenvalue weighted by atomic mass is 10.3. The van der Waals surface area contributed by atoms with Crippen LogP contribution in [-0.4, -0.2) is 36.8 Å². The summed E-state index contributed by atoms with van der Waals surface area (Å²) in [5.74, 6) is -0.833. The van der Waals surface area contributed by atoms with E-state index in [1.807, 2.05) is 0 Å². The Morgan fingerprint density at radius 1 is 1.50 bits per heavy atom. The summed E-state index contributed by atoms with van der Waals surface area (Å²) in [4.78, 5) is 9.00. The molecular weight excluding hydrogens is 180 g/mol. The van der Waals surface area contributed by atoms with Gasteiger partial charge in [-0.3, -0.25) is 4.79 Å². The summed E-state index contributed by atoms with van der Waals surface area (Å²) in [7, 11) is 0. The van der Waals surface area contributed by atoms with E-state index < -0.39 is 5.97 Å². The van der Waals surface area contributed by atoms with E-state index in [2.05, 4.69) is 17.6 Å². The molecule has 0 radical (unpaired) electrons. The van der Waals surface area contributed by atoms with Crippen LogP contribution in [0.4, 0.5) is 0 Å². The Bertz CT molecular complexity index is 112. The summed E-state index contributed by atoms with van der Waals surface area (Å²) in [6.07, 6.45) is 0. The molecule has 0 aromatic carbocycles. The molecule has 0 bridgehead atoms. The highest BCUT2D eigenvalue weighted by Gasteiger charge is 2.03. The highest BCUT2D eigenvalue weighted by molar-refractivity contribution is 5.85. The molecule has 0 amide bonds. The molecule has 74 valence electrons. The van der Waals surface area contributed by atoms with Crippen molar-refractivity contribution in [2.45, 2.75) is 19.9 Å². The molecule has 1 heterocycles. The number of hydrogen-bond donors (Lipinski definition) is 3. The standard InChI is InChI=1S/C5H12N2.C2H4O2.ClH/c1-5-4-6-2-3-7-5;1-2(3)4;/h5-7H,2-4H2,1H3;1H3,(H,3,4);1H/t5-;;/m0../s1. The zero-order valence-electron chi connectivity index (χ0n) is 7.46. The minimum atomic E-state index is -0.833. The minimum Gasteiger partial charge on any atom is -0.481 e. The predicted molar refractivity (Wildman–Crippen MR) is 50.9 cm³/mol. The SMILES string of the molecule is CC(=O)O.C[C@H]1CNCCN1.Cl. The normalized spacial score (nSPS) is 21.3. The number of aliphatic carboxylic acids is 1. The van der Waals surface area contributed by atoms with E-state index in [1.165, 1.54) is 0 Å². The van der Waals surface area contributed by atoms with Gasteiger partial charge in [0.25, 0.3) is 5.97 Å². The van der Waals surface area contributed by atoms with Crippen molar-refractivity contribution in [1.82, 2.24) is 10.6 Å². The van der Waals surface area contributed by atoms with Gasteiger partial charge in [-0.25, -0.2) is 0 Å². The van der Waals surface area contributed by atoms with E-state index in [4.69, 9.17) is 9.90 Å². The first kappa shape index (κ1) is 14.2. The lowest BCUT2D eigenvalue weighted by Gasteiger charge is -2.19. The molecule has 0 spiro atoms. The number of carboxylic acids is 1. The smallest absolute Gasteiger partial charge is 0.300 e. The molecule has 0 aromatic heterocycles. The number of rotatable bonds is 0. The van der Waals surface area contributed by atoms with Gasteiger partial charge in [0.05, 0.1) is 0 Å². The highest BCUT2D eigenvalue weighted by atomic mass is 35.5. The molecule has 12 heavy (non-hydrogen) atoms. The van der Waals surface area contributed by atoms with Crippen LogP contribution in [0.15, 0.2) is 0 Å². The van der Waals surface area contributed by atoms with Gasteiger partial charge in [0.15, 0.2) is 0 Å². The second-order valence-corrected chi connectivity index (χ2v) is 2.58. The van der Waals surface area contributed by atoms with E-state index in [-0.39, 0.29) is 12.4 Å². The van der Waals surface area contributed by atoms with Gasteiger partial charge in [0, 0.05) is 32.6 Å². The van der Waals surface area contributed by atoms with Crippen molar-refractivity contribution in [3.8, 4) is 0 Å². The Morgan fingerprint density at radius 3 is 2.17 bits per heavy atom. The van der Waals surface area contributed by atoms with E-state index in [0.29, 0.717) is 6.04 Å². The lowest BCUT2D eigenvalue weighted by molar-refractivity contribution is -0.134. The zero-order chi connectivity index (χ0) is 8.69. The van der Waals surface area contributed by atoms with E-state index in [1.54, 1.807) is 0 Å². The molecule has 1 saturated heterocycles. The fourth-order valence-corrected chi connectivity index (χ4v) is 0.798. The van der Waals surface area contributed by atoms with E-state index in [0.717, 1.165) is 26.6 Å². The molecular formula is C7H17ClN2O2. The van der Waals surface area contributed by atoms with E-state index >= 15 is 0 Å². The van der Waals surface area contributed by atoms with Gasteiger partial charge < -0.3 is 15.7 Å². The van der Waals surface area contributed by atoms with Crippen LogP contribution in [-0.2, 0) is 4.79 Å². The molecule has 0 saturated carbocycles. The quantitative estimate of drug-likeness (QED) is 0.514. The first-order valence-corrected chi connectivity index (χ1v) is 3.76. The number of carboxylic acid groups (broad SMARTS) is 1. The third-order valence-electron chi connectivity index (χ3n) is 1.25. The van der Waals surface area contributed by atoms with Gasteiger partial charge in [-0.15, -0.1) is 12.4 Å². The van der Waals surface area contributed by atoms with Crippen LogP contribution >= 0.6 is 12.4 Å². The average Bonchev–Trinajstić information content (AvgIpc) is 1.87. The highest BCUT2D eigenvalue weighted by Crippen LogP contribution is 1.80. The largest absolute Gasteiger partial charge is 0.481 e. The molecule has 3 N–H and O–H groups in total. The minimum absolute atomic E-state index is 0. The lowest BCUT2D eigenvalue weighted by Crippen LogP contribution is -2.46. The van der Waals surface area contributed by atoms with Crippen LogP contribution < -0.4 is 10.6 Å². The van der Waals surface area contributed by atoms with Gasteiger partial charge >= 0.3 is 0 Å². The van der Waals surface area contributed by atoms with Crippen molar-refractivity contribution >= 4 is 18.4 Å². The third-order valence-corrected chi connectivity index (χ3v) is 1.25. The van der Waals surface area contributed by atoms with Crippen molar-refractivity contribution in [3.63, 3.8) is 0 Å². The molecule has 1 fully saturated rings. The van der Waals surface area contributed by atoms with Crippen LogP contribution in [0.1, 0.15) is 13.8 Å². The number of halogens is 1. The maximum Gasteiger partial charge on any atom is 0.300 e. The van der Waals surface area contributed by atoms with Crippen LogP contribution in [0.2, 0.25) is 0 Å². The number of nitrogens with one attached hydrogen (secondary N) is 2. The molecule has 5 heteroatoms. The van der Waals surface area contributed by atoms with Gasteiger partial charge in [-0.1, -0.05) is 0 Å². The Morgan fingerprint density at radius 2 is 2.00 bits per heavy atom. The van der Waals surface area contributed by atoms with Gasteiger partial charge in [0.2, 0.25) is 0 Å². The molecule has 0 aliphatic carbocycles. The maximum absolute atomic E-state index is 9.00. The number of hydrogen-bond acceptors (Lipinski definition) is 3. The van der Waals surface area contributed by atoms with Gasteiger partial charge in [-0.05, 0) is 6.92 Å². The summed E-state index contributed by atoms with van der Waals surface area (Å²) in [6.45, 7) is 6.65. The summed E-state index contributed by atoms with van der Waals surface area (Å²) in [6, 6.07) is 0.675. The van der Waals surface area contributed by atoms with E-state index in [9.17, 15) is 0 Å². The van der Waals surface area contributed by atoms with Crippen LogP contribution in [0.5, 0.6) is 0 Å². The van der Waals surface area contributed by atoms with Crippen molar-refractivity contribution in [1.29, 1.82) is 0 Å². The van der Waals surface area contributed by atoms with Crippen molar-refractivity contribution in [3.05, 3.63) is 0 Å². The Balaban J connectivity index is 0. The fourth-order valence-electron chi connectivity index (χ4n) is 0.798. The second-order valence-electron chi connectivity index (χ2n) is 2.58. The Labute approximate surface area is 79.1 Å². The molecule has 4 nitrogen and oxygen atoms in total. The molecule has 1 rings (SSSR count). The fraction of sp³-hybridized carbons (Fsp3) is 0.857. The topological polar surface area (TPSA) is 61.4 Å². The Hall–Kier alpha value is -0.320. The zero-order valence-corrected chi connectivity index (χ0v) is 8.28. The molecule has 1 aliphatic rings. The molecule has 1 atom stereocenters. The summed E-state index contributed by atoms with van der Waals surface area (Å²) >= 11 is 0. The second kappa shape index (κ2) is 8.77. The Kier molecular flexibility index (Phi) is 10.4. The third kappa shape index (κ3) is 12.4. The predicted octanol–water partition coefficient (Wildman–Crippen LogP) is 0.0804. The van der Waals surface area contributed by atoms with Gasteiger partial charge in [0.1, 0.15) is 0 Å². The molecule has 0 unspecified atom stereocenters. The average molecular weight is 197 g/mol. The monoisotopic (exact) mass is 196 g/mol. The van der Waals surface area contributed by atoms with Crippen LogP contribution in [0.25, 0.3) is 0 Å². The molecule has 1 aliphatic heterocycles. The summed E-state index contributed by atoms with van der Waals surface area (Å²) < 4.78 is 0. The van der Waals surface area contributed by atoms with Crippen molar-refractivity contribution < 1.29 is 9.90 Å². The summed E-state index contributed by atoms with van der Waals surface area (Å²) in [5, 5.41) is 14.0. The first-order valence-electron chi connectivity index (χ1n) is 3.76. The van der Waals surface area contributed by atoms with Crippen LogP contribution in [0.3, 0.4) is 0 Å². The van der Waals surface area contributed by atoms with Gasteiger partial charge in [-0.2, -0.15) is 0 Å². The summed E-state index contributed by atoms with van der Waals surface area (Å²) in [5.41, 5.74) is 0. The van der Waals surface area contributed by atoms with Crippen LogP contribution in [0, 0.1) is 0 Å². The first-order chi connectivity index (χ1) is 5.13. The maximum atomic E-state index is 9.00.